The van der Waals surface area contributed by atoms with Crippen LogP contribution in [0, 0.1) is 0 Å². The van der Waals surface area contributed by atoms with Crippen molar-refractivity contribution < 1.29 is 4.74 Å². The molecule has 2 heteroatoms. The van der Waals surface area contributed by atoms with E-state index in [0.717, 1.165) is 5.75 Å². The molecule has 66 valence electrons. The fraction of sp³-hybridized carbons (Fsp3) is 0.400. The van der Waals surface area contributed by atoms with Crippen molar-refractivity contribution in [2.75, 3.05) is 6.07 Å². The molecule has 1 rings (SSSR count). The highest BCUT2D eigenvalue weighted by Crippen LogP contribution is 2.25. The normalized spacial score (nSPS) is 10.3. The van der Waals surface area contributed by atoms with Crippen LogP contribution in [0.5, 0.6) is 5.75 Å². The van der Waals surface area contributed by atoms with E-state index >= 15 is 0 Å². The van der Waals surface area contributed by atoms with Gasteiger partial charge in [0.1, 0.15) is 5.75 Å². The summed E-state index contributed by atoms with van der Waals surface area (Å²) in [5.74, 6) is 1.37. The minimum Gasteiger partial charge on any atom is -0.478 e. The minimum atomic E-state index is 0.212. The molecule has 0 saturated carbocycles. The minimum absolute atomic E-state index is 0.212. The Morgan fingerprint density at radius 1 is 1.33 bits per heavy atom. The third-order valence-corrected chi connectivity index (χ3v) is 1.86. The molecule has 0 spiro atoms. The molecule has 0 amide bonds. The average Bonchev–Trinajstić information content (AvgIpc) is 2.05. The van der Waals surface area contributed by atoms with Gasteiger partial charge in [-0.1, -0.05) is 43.6 Å². The lowest BCUT2D eigenvalue weighted by atomic mass is 10.0. The summed E-state index contributed by atoms with van der Waals surface area (Å²) in [7, 11) is 0. The summed E-state index contributed by atoms with van der Waals surface area (Å²) in [5, 5.41) is 0. The van der Waals surface area contributed by atoms with Crippen LogP contribution in [-0.4, -0.2) is 6.07 Å². The monoisotopic (exact) mass is 184 g/mol. The van der Waals surface area contributed by atoms with Crippen LogP contribution < -0.4 is 4.74 Å². The van der Waals surface area contributed by atoms with Crippen LogP contribution in [-0.2, 0) is 0 Å². The van der Waals surface area contributed by atoms with Gasteiger partial charge in [0.05, 0.1) is 0 Å². The zero-order valence-electron chi connectivity index (χ0n) is 7.38. The largest absolute Gasteiger partial charge is 0.478 e. The topological polar surface area (TPSA) is 9.23 Å². The summed E-state index contributed by atoms with van der Waals surface area (Å²) >= 11 is 5.49. The molecule has 0 aliphatic heterocycles. The molecule has 0 aromatic heterocycles. The zero-order valence-corrected chi connectivity index (χ0v) is 8.14. The molecule has 0 heterocycles. The molecular weight excluding hydrogens is 172 g/mol. The first-order valence-corrected chi connectivity index (χ1v) is 4.57. The van der Waals surface area contributed by atoms with Crippen LogP contribution >= 0.6 is 11.6 Å². The Morgan fingerprint density at radius 2 is 2.00 bits per heavy atom. The highest BCUT2D eigenvalue weighted by Gasteiger charge is 2.05. The van der Waals surface area contributed by atoms with Gasteiger partial charge < -0.3 is 4.74 Å². The molecule has 0 N–H and O–H groups in total. The van der Waals surface area contributed by atoms with Crippen molar-refractivity contribution in [2.24, 2.45) is 0 Å². The number of para-hydroxylation sites is 1. The molecular formula is C10H13ClO. The van der Waals surface area contributed by atoms with Crippen LogP contribution in [0.2, 0.25) is 0 Å². The van der Waals surface area contributed by atoms with Crippen LogP contribution in [0.3, 0.4) is 0 Å². The maximum absolute atomic E-state index is 5.49. The molecule has 0 saturated heterocycles. The van der Waals surface area contributed by atoms with Gasteiger partial charge in [0, 0.05) is 0 Å². The zero-order chi connectivity index (χ0) is 8.97. The van der Waals surface area contributed by atoms with Gasteiger partial charge in [-0.3, -0.25) is 0 Å². The standard InChI is InChI=1S/C10H13ClO/c1-8(2)9-5-3-4-6-10(9)12-7-11/h3-6,8H,7H2,1-2H3. The van der Waals surface area contributed by atoms with Crippen LogP contribution in [0.15, 0.2) is 24.3 Å². The molecule has 0 bridgehead atoms. The summed E-state index contributed by atoms with van der Waals surface area (Å²) in [6.45, 7) is 4.27. The Kier molecular flexibility index (Phi) is 3.42. The number of benzene rings is 1. The molecule has 0 aliphatic rings. The van der Waals surface area contributed by atoms with E-state index in [0.29, 0.717) is 5.92 Å². The van der Waals surface area contributed by atoms with E-state index in [1.54, 1.807) is 0 Å². The molecule has 0 aliphatic carbocycles. The van der Waals surface area contributed by atoms with Crippen molar-refractivity contribution in [1.29, 1.82) is 0 Å². The van der Waals surface area contributed by atoms with Gasteiger partial charge in [0.15, 0.2) is 6.07 Å². The second-order valence-corrected chi connectivity index (χ2v) is 3.16. The Balaban J connectivity index is 2.92. The van der Waals surface area contributed by atoms with E-state index in [2.05, 4.69) is 19.9 Å². The Morgan fingerprint density at radius 3 is 2.58 bits per heavy atom. The SMILES string of the molecule is CC(C)c1ccccc1OCCl. The molecule has 1 aromatic carbocycles. The van der Waals surface area contributed by atoms with Gasteiger partial charge in [0.25, 0.3) is 0 Å². The van der Waals surface area contributed by atoms with Gasteiger partial charge in [-0.05, 0) is 17.5 Å². The Bertz CT molecular complexity index is 245. The average molecular weight is 185 g/mol. The molecule has 12 heavy (non-hydrogen) atoms. The van der Waals surface area contributed by atoms with Crippen molar-refractivity contribution in [3.05, 3.63) is 29.8 Å². The van der Waals surface area contributed by atoms with Gasteiger partial charge >= 0.3 is 0 Å². The molecule has 0 unspecified atom stereocenters. The van der Waals surface area contributed by atoms with Crippen molar-refractivity contribution in [3.8, 4) is 5.75 Å². The van der Waals surface area contributed by atoms with Gasteiger partial charge in [-0.15, -0.1) is 0 Å². The van der Waals surface area contributed by atoms with E-state index in [9.17, 15) is 0 Å². The summed E-state index contributed by atoms with van der Waals surface area (Å²) in [6, 6.07) is 8.18. The van der Waals surface area contributed by atoms with Crippen molar-refractivity contribution in [3.63, 3.8) is 0 Å². The van der Waals surface area contributed by atoms with Crippen molar-refractivity contribution >= 4 is 11.6 Å². The highest BCUT2D eigenvalue weighted by molar-refractivity contribution is 6.17. The molecule has 0 radical (unpaired) electrons. The van der Waals surface area contributed by atoms with Crippen LogP contribution in [0.25, 0.3) is 0 Å². The Hall–Kier alpha value is -0.690. The second-order valence-electron chi connectivity index (χ2n) is 2.95. The lowest BCUT2D eigenvalue weighted by Crippen LogP contribution is -1.96. The van der Waals surface area contributed by atoms with E-state index in [-0.39, 0.29) is 6.07 Å². The predicted octanol–water partition coefficient (Wildman–Crippen LogP) is 3.39. The number of hydrogen-bond donors (Lipinski definition) is 0. The van der Waals surface area contributed by atoms with E-state index in [1.807, 2.05) is 18.2 Å². The third kappa shape index (κ3) is 2.15. The molecule has 0 atom stereocenters. The molecule has 1 aromatic rings. The van der Waals surface area contributed by atoms with Gasteiger partial charge in [-0.25, -0.2) is 0 Å². The first-order chi connectivity index (χ1) is 5.75. The first-order valence-electron chi connectivity index (χ1n) is 4.03. The molecule has 1 nitrogen and oxygen atoms in total. The summed E-state index contributed by atoms with van der Waals surface area (Å²) in [4.78, 5) is 0. The number of rotatable bonds is 3. The van der Waals surface area contributed by atoms with Crippen LogP contribution in [0.4, 0.5) is 0 Å². The smallest absolute Gasteiger partial charge is 0.162 e. The number of halogens is 1. The van der Waals surface area contributed by atoms with E-state index in [4.69, 9.17) is 16.3 Å². The quantitative estimate of drug-likeness (QED) is 0.655. The van der Waals surface area contributed by atoms with Gasteiger partial charge in [0.2, 0.25) is 0 Å². The number of ether oxygens (including phenoxy) is 1. The fourth-order valence-corrected chi connectivity index (χ4v) is 1.27. The predicted molar refractivity (Wildman–Crippen MR) is 51.9 cm³/mol. The van der Waals surface area contributed by atoms with Crippen molar-refractivity contribution in [2.45, 2.75) is 19.8 Å². The second kappa shape index (κ2) is 4.36. The lowest BCUT2D eigenvalue weighted by Gasteiger charge is -2.11. The lowest BCUT2D eigenvalue weighted by molar-refractivity contribution is 0.381. The van der Waals surface area contributed by atoms with Gasteiger partial charge in [-0.2, -0.15) is 0 Å². The number of alkyl halides is 1. The summed E-state index contributed by atoms with van der Waals surface area (Å²) in [6.07, 6.45) is 0. The summed E-state index contributed by atoms with van der Waals surface area (Å²) in [5.41, 5.74) is 1.21. The first kappa shape index (κ1) is 9.40. The maximum atomic E-state index is 5.49. The molecule has 0 fully saturated rings. The fourth-order valence-electron chi connectivity index (χ4n) is 1.15. The number of hydrogen-bond acceptors (Lipinski definition) is 1. The highest BCUT2D eigenvalue weighted by atomic mass is 35.5. The Labute approximate surface area is 78.3 Å². The van der Waals surface area contributed by atoms with E-state index in [1.165, 1.54) is 5.56 Å². The van der Waals surface area contributed by atoms with E-state index < -0.39 is 0 Å². The van der Waals surface area contributed by atoms with Crippen LogP contribution in [0.1, 0.15) is 25.3 Å². The third-order valence-electron chi connectivity index (χ3n) is 1.75. The maximum Gasteiger partial charge on any atom is 0.162 e. The summed E-state index contributed by atoms with van der Waals surface area (Å²) < 4.78 is 5.26. The van der Waals surface area contributed by atoms with Crippen molar-refractivity contribution in [1.82, 2.24) is 0 Å².